The van der Waals surface area contributed by atoms with Crippen LogP contribution in [0.2, 0.25) is 0 Å². The Morgan fingerprint density at radius 3 is 2.33 bits per heavy atom. The third-order valence-electron chi connectivity index (χ3n) is 2.61. The van der Waals surface area contributed by atoms with Gasteiger partial charge in [0.15, 0.2) is 6.10 Å². The van der Waals surface area contributed by atoms with E-state index in [9.17, 15) is 14.4 Å². The molecule has 1 rings (SSSR count). The Morgan fingerprint density at radius 1 is 1.19 bits per heavy atom. The van der Waals surface area contributed by atoms with Gasteiger partial charge in [0.1, 0.15) is 0 Å². The molecule has 1 unspecified atom stereocenters. The molecule has 0 aromatic heterocycles. The van der Waals surface area contributed by atoms with Crippen LogP contribution in [0.15, 0.2) is 42.5 Å². The van der Waals surface area contributed by atoms with Crippen molar-refractivity contribution < 1.29 is 23.9 Å². The van der Waals surface area contributed by atoms with Gasteiger partial charge in [0.2, 0.25) is 0 Å². The zero-order valence-electron chi connectivity index (χ0n) is 12.1. The van der Waals surface area contributed by atoms with E-state index in [2.05, 4.69) is 6.58 Å². The zero-order chi connectivity index (χ0) is 15.8. The predicted molar refractivity (Wildman–Crippen MR) is 76.5 cm³/mol. The highest BCUT2D eigenvalue weighted by Gasteiger charge is 2.26. The maximum atomic E-state index is 11.9. The molecule has 0 aliphatic carbocycles. The quantitative estimate of drug-likeness (QED) is 0.457. The monoisotopic (exact) mass is 290 g/mol. The summed E-state index contributed by atoms with van der Waals surface area (Å²) in [5.74, 6) is -2.33. The first-order valence-corrected chi connectivity index (χ1v) is 6.63. The van der Waals surface area contributed by atoms with E-state index in [-0.39, 0.29) is 17.6 Å². The fourth-order valence-corrected chi connectivity index (χ4v) is 1.51. The first kappa shape index (κ1) is 16.6. The van der Waals surface area contributed by atoms with Crippen molar-refractivity contribution in [3.05, 3.63) is 48.0 Å². The van der Waals surface area contributed by atoms with E-state index in [1.54, 1.807) is 18.2 Å². The minimum atomic E-state index is -1.10. The van der Waals surface area contributed by atoms with Crippen LogP contribution in [0.3, 0.4) is 0 Å². The Hall–Kier alpha value is -2.43. The van der Waals surface area contributed by atoms with Gasteiger partial charge in [-0.2, -0.15) is 0 Å². The summed E-state index contributed by atoms with van der Waals surface area (Å²) >= 11 is 0. The summed E-state index contributed by atoms with van der Waals surface area (Å²) in [6, 6.07) is 8.12. The lowest BCUT2D eigenvalue weighted by molar-refractivity contribution is -0.162. The van der Waals surface area contributed by atoms with Crippen LogP contribution in [0.25, 0.3) is 0 Å². The molecule has 5 nitrogen and oxygen atoms in total. The van der Waals surface area contributed by atoms with E-state index in [4.69, 9.17) is 9.47 Å². The van der Waals surface area contributed by atoms with Gasteiger partial charge in [-0.25, -0.2) is 14.4 Å². The second-order valence-corrected chi connectivity index (χ2v) is 4.54. The molecule has 0 amide bonds. The minimum Gasteiger partial charge on any atom is -0.447 e. The Kier molecular flexibility index (Phi) is 6.33. The molecular weight excluding hydrogens is 272 g/mol. The molecule has 0 aliphatic heterocycles. The highest BCUT2D eigenvalue weighted by molar-refractivity contribution is 5.98. The van der Waals surface area contributed by atoms with Crippen molar-refractivity contribution in [2.75, 3.05) is 0 Å². The summed E-state index contributed by atoms with van der Waals surface area (Å²) in [7, 11) is 0. The van der Waals surface area contributed by atoms with Crippen LogP contribution < -0.4 is 0 Å². The summed E-state index contributed by atoms with van der Waals surface area (Å²) in [5, 5.41) is 0. The first-order chi connectivity index (χ1) is 9.95. The molecule has 1 atom stereocenters. The maximum Gasteiger partial charge on any atom is 0.355 e. The fourth-order valence-electron chi connectivity index (χ4n) is 1.51. The topological polar surface area (TPSA) is 69.7 Å². The number of carbonyl (C=O) groups is 3. The van der Waals surface area contributed by atoms with Gasteiger partial charge in [0, 0.05) is 5.57 Å². The Morgan fingerprint density at radius 2 is 1.81 bits per heavy atom. The van der Waals surface area contributed by atoms with Crippen molar-refractivity contribution in [1.29, 1.82) is 0 Å². The van der Waals surface area contributed by atoms with Crippen LogP contribution in [0.1, 0.15) is 37.0 Å². The van der Waals surface area contributed by atoms with Gasteiger partial charge in [0.25, 0.3) is 0 Å². The van der Waals surface area contributed by atoms with Gasteiger partial charge >= 0.3 is 17.9 Å². The van der Waals surface area contributed by atoms with Gasteiger partial charge in [-0.3, -0.25) is 0 Å². The zero-order valence-corrected chi connectivity index (χ0v) is 12.1. The molecule has 0 radical (unpaired) electrons. The van der Waals surface area contributed by atoms with Crippen molar-refractivity contribution in [2.24, 2.45) is 0 Å². The van der Waals surface area contributed by atoms with Crippen LogP contribution in [-0.4, -0.2) is 24.0 Å². The molecule has 5 heteroatoms. The molecule has 0 bridgehead atoms. The van der Waals surface area contributed by atoms with Crippen molar-refractivity contribution in [2.45, 2.75) is 32.8 Å². The molecule has 0 spiro atoms. The Balaban J connectivity index is 2.71. The van der Waals surface area contributed by atoms with Crippen LogP contribution >= 0.6 is 0 Å². The normalized spacial score (nSPS) is 11.3. The SMILES string of the molecule is C=C(C)C(=O)OC(CCC)C(=O)OC(=O)c1ccccc1. The number of rotatable bonds is 6. The molecule has 0 saturated heterocycles. The summed E-state index contributed by atoms with van der Waals surface area (Å²) in [4.78, 5) is 35.2. The van der Waals surface area contributed by atoms with Gasteiger partial charge in [-0.1, -0.05) is 38.1 Å². The summed E-state index contributed by atoms with van der Waals surface area (Å²) < 4.78 is 9.73. The smallest absolute Gasteiger partial charge is 0.355 e. The average Bonchev–Trinajstić information content (AvgIpc) is 2.47. The molecule has 0 saturated carbocycles. The predicted octanol–water partition coefficient (Wildman–Crippen LogP) is 2.66. The second-order valence-electron chi connectivity index (χ2n) is 4.54. The van der Waals surface area contributed by atoms with E-state index in [1.807, 2.05) is 6.92 Å². The largest absolute Gasteiger partial charge is 0.447 e. The lowest BCUT2D eigenvalue weighted by atomic mass is 10.2. The van der Waals surface area contributed by atoms with Crippen LogP contribution in [-0.2, 0) is 19.1 Å². The maximum absolute atomic E-state index is 11.9. The van der Waals surface area contributed by atoms with E-state index in [1.165, 1.54) is 19.1 Å². The number of hydrogen-bond acceptors (Lipinski definition) is 5. The van der Waals surface area contributed by atoms with E-state index < -0.39 is 24.0 Å². The standard InChI is InChI=1S/C16H18O5/c1-4-8-13(20-14(17)11(2)3)16(19)21-15(18)12-9-6-5-7-10-12/h5-7,9-10,13H,2,4,8H2,1,3H3. The third-order valence-corrected chi connectivity index (χ3v) is 2.61. The minimum absolute atomic E-state index is 0.179. The van der Waals surface area contributed by atoms with Gasteiger partial charge < -0.3 is 9.47 Å². The number of hydrogen-bond donors (Lipinski definition) is 0. The van der Waals surface area contributed by atoms with Gasteiger partial charge in [0.05, 0.1) is 5.56 Å². The van der Waals surface area contributed by atoms with E-state index in [0.717, 1.165) is 0 Å². The lowest BCUT2D eigenvalue weighted by Gasteiger charge is -2.15. The molecule has 0 aliphatic rings. The van der Waals surface area contributed by atoms with Crippen molar-refractivity contribution in [3.8, 4) is 0 Å². The highest BCUT2D eigenvalue weighted by Crippen LogP contribution is 2.10. The van der Waals surface area contributed by atoms with E-state index in [0.29, 0.717) is 6.42 Å². The number of carbonyl (C=O) groups excluding carboxylic acids is 3. The van der Waals surface area contributed by atoms with Gasteiger partial charge in [-0.05, 0) is 25.5 Å². The molecule has 112 valence electrons. The molecule has 0 fully saturated rings. The molecule has 21 heavy (non-hydrogen) atoms. The molecular formula is C16H18O5. The number of esters is 3. The molecule has 0 N–H and O–H groups in total. The molecule has 1 aromatic carbocycles. The number of ether oxygens (including phenoxy) is 2. The molecule has 1 aromatic rings. The van der Waals surface area contributed by atoms with Crippen LogP contribution in [0.5, 0.6) is 0 Å². The summed E-state index contributed by atoms with van der Waals surface area (Å²) in [5.41, 5.74) is 0.436. The second kappa shape index (κ2) is 7.99. The van der Waals surface area contributed by atoms with Crippen molar-refractivity contribution >= 4 is 17.9 Å². The first-order valence-electron chi connectivity index (χ1n) is 6.63. The van der Waals surface area contributed by atoms with Crippen molar-refractivity contribution in [1.82, 2.24) is 0 Å². The highest BCUT2D eigenvalue weighted by atomic mass is 16.6. The Bertz CT molecular complexity index is 533. The van der Waals surface area contributed by atoms with Crippen molar-refractivity contribution in [3.63, 3.8) is 0 Å². The Labute approximate surface area is 123 Å². The summed E-state index contributed by atoms with van der Waals surface area (Å²) in [6.45, 7) is 6.75. The summed E-state index contributed by atoms with van der Waals surface area (Å²) in [6.07, 6.45) is -0.227. The number of benzene rings is 1. The fraction of sp³-hybridized carbons (Fsp3) is 0.312. The van der Waals surface area contributed by atoms with Gasteiger partial charge in [-0.15, -0.1) is 0 Å². The lowest BCUT2D eigenvalue weighted by Crippen LogP contribution is -2.31. The molecule has 0 heterocycles. The van der Waals surface area contributed by atoms with Crippen LogP contribution in [0, 0.1) is 0 Å². The average molecular weight is 290 g/mol. The third kappa shape index (κ3) is 5.22. The van der Waals surface area contributed by atoms with Crippen LogP contribution in [0.4, 0.5) is 0 Å². The van der Waals surface area contributed by atoms with E-state index >= 15 is 0 Å².